The van der Waals surface area contributed by atoms with Gasteiger partial charge in [0.15, 0.2) is 0 Å². The van der Waals surface area contributed by atoms with E-state index in [0.717, 1.165) is 6.54 Å². The quantitative estimate of drug-likeness (QED) is 0.500. The summed E-state index contributed by atoms with van der Waals surface area (Å²) in [6, 6.07) is 0.380. The molecule has 0 aliphatic heterocycles. The topological polar surface area (TPSA) is 102 Å². The van der Waals surface area contributed by atoms with Gasteiger partial charge in [-0.05, 0) is 34.6 Å². The largest absolute Gasteiger partial charge is 0.481 e. The fourth-order valence-electron chi connectivity index (χ4n) is 2.13. The summed E-state index contributed by atoms with van der Waals surface area (Å²) in [6.07, 6.45) is -0.415. The summed E-state index contributed by atoms with van der Waals surface area (Å²) in [5, 5.41) is 23.6. The average molecular weight is 303 g/mol. The van der Waals surface area contributed by atoms with E-state index >= 15 is 0 Å². The minimum absolute atomic E-state index is 0.108. The van der Waals surface area contributed by atoms with Crippen LogP contribution in [0.2, 0.25) is 0 Å². The monoisotopic (exact) mass is 303 g/mol. The van der Waals surface area contributed by atoms with Gasteiger partial charge in [-0.1, -0.05) is 0 Å². The molecule has 0 saturated heterocycles. The molecule has 124 valence electrons. The van der Waals surface area contributed by atoms with Crippen molar-refractivity contribution in [2.75, 3.05) is 19.6 Å². The number of nitrogens with one attached hydrogen (secondary N) is 2. The normalized spacial score (nSPS) is 14.3. The minimum Gasteiger partial charge on any atom is -0.481 e. The highest BCUT2D eigenvalue weighted by atomic mass is 16.4. The van der Waals surface area contributed by atoms with Gasteiger partial charge in [0.05, 0.1) is 12.0 Å². The van der Waals surface area contributed by atoms with Gasteiger partial charge in [0.2, 0.25) is 0 Å². The van der Waals surface area contributed by atoms with E-state index in [1.54, 1.807) is 0 Å². The van der Waals surface area contributed by atoms with Crippen LogP contribution in [0, 0.1) is 0 Å². The predicted molar refractivity (Wildman–Crippen MR) is 81.3 cm³/mol. The number of rotatable bonds is 9. The average Bonchev–Trinajstić information content (AvgIpc) is 2.29. The van der Waals surface area contributed by atoms with Crippen LogP contribution in [-0.4, -0.2) is 64.4 Å². The van der Waals surface area contributed by atoms with E-state index in [1.165, 1.54) is 6.92 Å². The number of urea groups is 1. The van der Waals surface area contributed by atoms with E-state index in [1.807, 2.05) is 0 Å². The van der Waals surface area contributed by atoms with E-state index < -0.39 is 24.0 Å². The summed E-state index contributed by atoms with van der Waals surface area (Å²) in [5.41, 5.74) is -1.45. The van der Waals surface area contributed by atoms with Crippen LogP contribution in [0.15, 0.2) is 0 Å². The molecule has 0 aliphatic carbocycles. The Bertz CT molecular complexity index is 335. The van der Waals surface area contributed by atoms with Crippen molar-refractivity contribution >= 4 is 12.0 Å². The molecule has 0 aromatic carbocycles. The number of carboxylic acids is 1. The lowest BCUT2D eigenvalue weighted by molar-refractivity contribution is -0.141. The molecule has 1 atom stereocenters. The maximum atomic E-state index is 11.6. The first-order chi connectivity index (χ1) is 9.55. The molecule has 7 heteroatoms. The van der Waals surface area contributed by atoms with Gasteiger partial charge in [-0.3, -0.25) is 9.69 Å². The van der Waals surface area contributed by atoms with E-state index in [4.69, 9.17) is 5.11 Å². The molecule has 0 rings (SSSR count). The number of hydrogen-bond donors (Lipinski definition) is 4. The van der Waals surface area contributed by atoms with Gasteiger partial charge in [0.1, 0.15) is 0 Å². The van der Waals surface area contributed by atoms with Crippen LogP contribution in [0.4, 0.5) is 4.79 Å². The standard InChI is InChI=1S/C14H29N3O4/c1-10(2)17(11(3)4)7-6-15-13(20)16-9-14(5,21)8-12(18)19/h10-11,21H,6-9H2,1-5H3,(H,18,19)(H2,15,16,20). The van der Waals surface area contributed by atoms with Gasteiger partial charge in [0.25, 0.3) is 0 Å². The van der Waals surface area contributed by atoms with Crippen molar-refractivity contribution in [2.45, 2.75) is 58.7 Å². The van der Waals surface area contributed by atoms with Crippen LogP contribution in [0.25, 0.3) is 0 Å². The fourth-order valence-corrected chi connectivity index (χ4v) is 2.13. The number of aliphatic hydroxyl groups is 1. The molecule has 0 heterocycles. The van der Waals surface area contributed by atoms with E-state index in [0.29, 0.717) is 18.6 Å². The predicted octanol–water partition coefficient (Wildman–Crippen LogP) is 0.630. The van der Waals surface area contributed by atoms with Crippen molar-refractivity contribution in [3.63, 3.8) is 0 Å². The van der Waals surface area contributed by atoms with Gasteiger partial charge in [-0.2, -0.15) is 0 Å². The Morgan fingerprint density at radius 1 is 1.14 bits per heavy atom. The van der Waals surface area contributed by atoms with Crippen LogP contribution in [0.3, 0.4) is 0 Å². The van der Waals surface area contributed by atoms with Gasteiger partial charge in [-0.15, -0.1) is 0 Å². The summed E-state index contributed by atoms with van der Waals surface area (Å²) in [5.74, 6) is -1.10. The molecular formula is C14H29N3O4. The van der Waals surface area contributed by atoms with Gasteiger partial charge in [0, 0.05) is 31.7 Å². The van der Waals surface area contributed by atoms with Crippen molar-refractivity contribution in [3.8, 4) is 0 Å². The highest BCUT2D eigenvalue weighted by Crippen LogP contribution is 2.07. The lowest BCUT2D eigenvalue weighted by Crippen LogP contribution is -2.48. The highest BCUT2D eigenvalue weighted by molar-refractivity contribution is 5.74. The van der Waals surface area contributed by atoms with Crippen molar-refractivity contribution in [1.29, 1.82) is 0 Å². The Morgan fingerprint density at radius 2 is 1.67 bits per heavy atom. The smallest absolute Gasteiger partial charge is 0.314 e. The molecule has 1 unspecified atom stereocenters. The number of aliphatic carboxylic acids is 1. The van der Waals surface area contributed by atoms with Crippen LogP contribution < -0.4 is 10.6 Å². The van der Waals surface area contributed by atoms with E-state index in [2.05, 4.69) is 43.2 Å². The molecule has 4 N–H and O–H groups in total. The summed E-state index contributed by atoms with van der Waals surface area (Å²) in [4.78, 5) is 24.4. The number of carbonyl (C=O) groups excluding carboxylic acids is 1. The summed E-state index contributed by atoms with van der Waals surface area (Å²) >= 11 is 0. The Balaban J connectivity index is 4.03. The molecule has 21 heavy (non-hydrogen) atoms. The van der Waals surface area contributed by atoms with Crippen LogP contribution >= 0.6 is 0 Å². The number of carbonyl (C=O) groups is 2. The SMILES string of the molecule is CC(C)N(CCNC(=O)NCC(C)(O)CC(=O)O)C(C)C. The van der Waals surface area contributed by atoms with Crippen LogP contribution in [0.5, 0.6) is 0 Å². The molecule has 2 amide bonds. The first kappa shape index (κ1) is 19.7. The van der Waals surface area contributed by atoms with Gasteiger partial charge >= 0.3 is 12.0 Å². The zero-order valence-electron chi connectivity index (χ0n) is 13.6. The third-order valence-corrected chi connectivity index (χ3v) is 3.14. The van der Waals surface area contributed by atoms with Crippen LogP contribution in [0.1, 0.15) is 41.0 Å². The molecule has 0 aromatic heterocycles. The number of amides is 2. The van der Waals surface area contributed by atoms with E-state index in [-0.39, 0.29) is 6.54 Å². The Hall–Kier alpha value is -1.34. The summed E-state index contributed by atoms with van der Waals surface area (Å²) in [6.45, 7) is 10.9. The molecule has 0 fully saturated rings. The molecule has 0 bridgehead atoms. The van der Waals surface area contributed by atoms with Crippen LogP contribution in [-0.2, 0) is 4.79 Å². The molecule has 0 aliphatic rings. The number of carboxylic acid groups (broad SMARTS) is 1. The lowest BCUT2D eigenvalue weighted by atomic mass is 10.0. The Labute approximate surface area is 126 Å². The third kappa shape index (κ3) is 9.25. The maximum absolute atomic E-state index is 11.6. The molecule has 7 nitrogen and oxygen atoms in total. The van der Waals surface area contributed by atoms with Crippen molar-refractivity contribution in [2.24, 2.45) is 0 Å². The fraction of sp³-hybridized carbons (Fsp3) is 0.857. The van der Waals surface area contributed by atoms with Crippen molar-refractivity contribution < 1.29 is 19.8 Å². The highest BCUT2D eigenvalue weighted by Gasteiger charge is 2.24. The molecule has 0 spiro atoms. The second-order valence-corrected chi connectivity index (χ2v) is 6.10. The summed E-state index contributed by atoms with van der Waals surface area (Å²) in [7, 11) is 0. The van der Waals surface area contributed by atoms with Gasteiger partial charge < -0.3 is 20.8 Å². The maximum Gasteiger partial charge on any atom is 0.314 e. The number of nitrogens with zero attached hydrogens (tertiary/aromatic N) is 1. The lowest BCUT2D eigenvalue weighted by Gasteiger charge is -2.30. The molecular weight excluding hydrogens is 274 g/mol. The zero-order valence-corrected chi connectivity index (χ0v) is 13.6. The molecule has 0 saturated carbocycles. The minimum atomic E-state index is -1.45. The summed E-state index contributed by atoms with van der Waals surface area (Å²) < 4.78 is 0. The second-order valence-electron chi connectivity index (χ2n) is 6.10. The van der Waals surface area contributed by atoms with Crippen molar-refractivity contribution in [3.05, 3.63) is 0 Å². The third-order valence-electron chi connectivity index (χ3n) is 3.14. The zero-order chi connectivity index (χ0) is 16.6. The first-order valence-electron chi connectivity index (χ1n) is 7.27. The van der Waals surface area contributed by atoms with Crippen molar-refractivity contribution in [1.82, 2.24) is 15.5 Å². The van der Waals surface area contributed by atoms with Gasteiger partial charge in [-0.25, -0.2) is 4.79 Å². The number of hydrogen-bond acceptors (Lipinski definition) is 4. The second kappa shape index (κ2) is 8.84. The van der Waals surface area contributed by atoms with E-state index in [9.17, 15) is 14.7 Å². The Kier molecular flexibility index (Phi) is 8.27. The Morgan fingerprint density at radius 3 is 2.10 bits per heavy atom. The molecule has 0 aromatic rings. The molecule has 0 radical (unpaired) electrons. The first-order valence-corrected chi connectivity index (χ1v) is 7.27.